The van der Waals surface area contributed by atoms with Gasteiger partial charge in [-0.05, 0) is 24.1 Å². The molecular formula is C17H16NO5S-. The molecule has 6 nitrogen and oxygen atoms in total. The first-order valence-electron chi connectivity index (χ1n) is 7.14. The van der Waals surface area contributed by atoms with Crippen molar-refractivity contribution in [2.24, 2.45) is 0 Å². The van der Waals surface area contributed by atoms with E-state index in [1.54, 1.807) is 30.3 Å². The molecule has 1 amide bonds. The van der Waals surface area contributed by atoms with Crippen LogP contribution in [0.5, 0.6) is 0 Å². The van der Waals surface area contributed by atoms with Gasteiger partial charge in [-0.3, -0.25) is 4.79 Å². The molecule has 0 aliphatic heterocycles. The number of rotatable bonds is 6. The van der Waals surface area contributed by atoms with Crippen LogP contribution in [0.4, 0.5) is 0 Å². The second-order valence-corrected chi connectivity index (χ2v) is 7.29. The second kappa shape index (κ2) is 7.27. The van der Waals surface area contributed by atoms with Crippen LogP contribution in [0.15, 0.2) is 59.5 Å². The molecule has 0 saturated carbocycles. The minimum Gasteiger partial charge on any atom is -0.548 e. The molecule has 2 rings (SSSR count). The van der Waals surface area contributed by atoms with Crippen LogP contribution in [0.1, 0.15) is 15.9 Å². The van der Waals surface area contributed by atoms with Crippen molar-refractivity contribution in [3.05, 3.63) is 65.7 Å². The summed E-state index contributed by atoms with van der Waals surface area (Å²) in [7, 11) is -3.62. The van der Waals surface area contributed by atoms with Gasteiger partial charge in [0.15, 0.2) is 9.84 Å². The van der Waals surface area contributed by atoms with Crippen molar-refractivity contribution in [3.8, 4) is 0 Å². The number of amides is 1. The largest absolute Gasteiger partial charge is 0.548 e. The Morgan fingerprint density at radius 2 is 1.62 bits per heavy atom. The molecule has 0 unspecified atom stereocenters. The lowest BCUT2D eigenvalue weighted by Crippen LogP contribution is -2.49. The molecule has 0 aliphatic rings. The van der Waals surface area contributed by atoms with Crippen molar-refractivity contribution in [2.75, 3.05) is 6.26 Å². The summed E-state index contributed by atoms with van der Waals surface area (Å²) in [5.74, 6) is -2.22. The molecule has 126 valence electrons. The molecule has 7 heteroatoms. The summed E-state index contributed by atoms with van der Waals surface area (Å²) in [6.07, 6.45) is 1.02. The van der Waals surface area contributed by atoms with Gasteiger partial charge in [0.05, 0.1) is 22.5 Å². The van der Waals surface area contributed by atoms with Crippen LogP contribution in [-0.4, -0.2) is 32.6 Å². The third-order valence-corrected chi connectivity index (χ3v) is 4.56. The summed E-state index contributed by atoms with van der Waals surface area (Å²) < 4.78 is 23.5. The molecule has 1 atom stereocenters. The topological polar surface area (TPSA) is 103 Å². The third kappa shape index (κ3) is 4.42. The lowest BCUT2D eigenvalue weighted by molar-refractivity contribution is -0.308. The maximum absolute atomic E-state index is 12.4. The van der Waals surface area contributed by atoms with Crippen LogP contribution in [-0.2, 0) is 21.1 Å². The number of carboxylic acids is 1. The van der Waals surface area contributed by atoms with Crippen molar-refractivity contribution in [1.29, 1.82) is 0 Å². The Balaban J connectivity index is 2.25. The first-order valence-corrected chi connectivity index (χ1v) is 9.03. The Labute approximate surface area is 140 Å². The average molecular weight is 346 g/mol. The van der Waals surface area contributed by atoms with Gasteiger partial charge in [0.2, 0.25) is 0 Å². The fourth-order valence-corrected chi connectivity index (χ4v) is 3.14. The van der Waals surface area contributed by atoms with Crippen LogP contribution in [0.2, 0.25) is 0 Å². The Kier molecular flexibility index (Phi) is 5.35. The Bertz CT molecular complexity index is 846. The molecule has 24 heavy (non-hydrogen) atoms. The van der Waals surface area contributed by atoms with Gasteiger partial charge < -0.3 is 15.2 Å². The number of sulfone groups is 1. The van der Waals surface area contributed by atoms with Crippen LogP contribution in [0.3, 0.4) is 0 Å². The lowest BCUT2D eigenvalue weighted by Gasteiger charge is -2.20. The summed E-state index contributed by atoms with van der Waals surface area (Å²) in [4.78, 5) is 23.5. The van der Waals surface area contributed by atoms with Gasteiger partial charge in [0.25, 0.3) is 5.91 Å². The minimum atomic E-state index is -3.62. The predicted molar refractivity (Wildman–Crippen MR) is 86.0 cm³/mol. The predicted octanol–water partition coefficient (Wildman–Crippen LogP) is 0.181. The highest BCUT2D eigenvalue weighted by Gasteiger charge is 2.21. The minimum absolute atomic E-state index is 0.0377. The zero-order chi connectivity index (χ0) is 17.7. The zero-order valence-corrected chi connectivity index (χ0v) is 13.7. The number of hydrogen-bond acceptors (Lipinski definition) is 5. The highest BCUT2D eigenvalue weighted by molar-refractivity contribution is 7.90. The standard InChI is InChI=1S/C17H17NO5S/c1-24(22,23)15-10-6-5-9-13(15)16(19)18-14(17(20)21)11-12-7-3-2-4-8-12/h2-10,14H,11H2,1H3,(H,18,19)(H,20,21)/p-1/t14-/m0/s1. The molecule has 0 bridgehead atoms. The summed E-state index contributed by atoms with van der Waals surface area (Å²) in [6.45, 7) is 0. The highest BCUT2D eigenvalue weighted by atomic mass is 32.2. The van der Waals surface area contributed by atoms with Gasteiger partial charge in [0, 0.05) is 6.26 Å². The monoisotopic (exact) mass is 346 g/mol. The van der Waals surface area contributed by atoms with E-state index in [-0.39, 0.29) is 16.9 Å². The van der Waals surface area contributed by atoms with E-state index in [0.29, 0.717) is 5.56 Å². The van der Waals surface area contributed by atoms with E-state index < -0.39 is 27.8 Å². The fraction of sp³-hybridized carbons (Fsp3) is 0.176. The number of benzene rings is 2. The van der Waals surface area contributed by atoms with Gasteiger partial charge in [0.1, 0.15) is 0 Å². The van der Waals surface area contributed by atoms with Crippen molar-refractivity contribution in [2.45, 2.75) is 17.4 Å². The maximum atomic E-state index is 12.4. The van der Waals surface area contributed by atoms with E-state index >= 15 is 0 Å². The normalized spacial score (nSPS) is 12.4. The molecule has 0 spiro atoms. The molecule has 0 radical (unpaired) electrons. The molecular weight excluding hydrogens is 330 g/mol. The summed E-state index contributed by atoms with van der Waals surface area (Å²) in [6, 6.07) is 13.1. The van der Waals surface area contributed by atoms with E-state index in [4.69, 9.17) is 0 Å². The average Bonchev–Trinajstić information content (AvgIpc) is 2.54. The third-order valence-electron chi connectivity index (χ3n) is 3.40. The van der Waals surface area contributed by atoms with Crippen molar-refractivity contribution in [3.63, 3.8) is 0 Å². The number of aliphatic carboxylic acids is 1. The highest BCUT2D eigenvalue weighted by Crippen LogP contribution is 2.15. The molecule has 0 saturated heterocycles. The van der Waals surface area contributed by atoms with Crippen LogP contribution in [0.25, 0.3) is 0 Å². The second-order valence-electron chi connectivity index (χ2n) is 5.30. The number of carboxylic acid groups (broad SMARTS) is 1. The Morgan fingerprint density at radius 1 is 1.04 bits per heavy atom. The van der Waals surface area contributed by atoms with Crippen molar-refractivity contribution in [1.82, 2.24) is 5.32 Å². The smallest absolute Gasteiger partial charge is 0.253 e. The van der Waals surface area contributed by atoms with Gasteiger partial charge in [-0.25, -0.2) is 8.42 Å². The Morgan fingerprint density at radius 3 is 2.21 bits per heavy atom. The van der Waals surface area contributed by atoms with E-state index in [1.807, 2.05) is 0 Å². The molecule has 2 aromatic rings. The zero-order valence-electron chi connectivity index (χ0n) is 12.9. The number of hydrogen-bond donors (Lipinski definition) is 1. The summed E-state index contributed by atoms with van der Waals surface area (Å²) in [5, 5.41) is 13.6. The quantitative estimate of drug-likeness (QED) is 0.804. The molecule has 0 heterocycles. The van der Waals surface area contributed by atoms with Gasteiger partial charge in [-0.2, -0.15) is 0 Å². The maximum Gasteiger partial charge on any atom is 0.253 e. The first kappa shape index (κ1) is 17.7. The molecule has 2 aromatic carbocycles. The van der Waals surface area contributed by atoms with Gasteiger partial charge >= 0.3 is 0 Å². The van der Waals surface area contributed by atoms with Crippen LogP contribution >= 0.6 is 0 Å². The van der Waals surface area contributed by atoms with E-state index in [1.165, 1.54) is 24.3 Å². The summed E-state index contributed by atoms with van der Waals surface area (Å²) in [5.41, 5.74) is 0.614. The fourth-order valence-electron chi connectivity index (χ4n) is 2.26. The lowest BCUT2D eigenvalue weighted by atomic mass is 10.1. The van der Waals surface area contributed by atoms with Crippen molar-refractivity contribution < 1.29 is 23.1 Å². The number of carbonyl (C=O) groups is 2. The van der Waals surface area contributed by atoms with E-state index in [9.17, 15) is 23.1 Å². The van der Waals surface area contributed by atoms with E-state index in [2.05, 4.69) is 5.32 Å². The first-order chi connectivity index (χ1) is 11.3. The van der Waals surface area contributed by atoms with E-state index in [0.717, 1.165) is 6.26 Å². The SMILES string of the molecule is CS(=O)(=O)c1ccccc1C(=O)N[C@@H](Cc1ccccc1)C(=O)[O-]. The van der Waals surface area contributed by atoms with Crippen LogP contribution in [0, 0.1) is 0 Å². The Hall–Kier alpha value is -2.67. The van der Waals surface area contributed by atoms with Gasteiger partial charge in [-0.15, -0.1) is 0 Å². The molecule has 0 aliphatic carbocycles. The number of nitrogens with one attached hydrogen (secondary N) is 1. The van der Waals surface area contributed by atoms with Crippen LogP contribution < -0.4 is 10.4 Å². The molecule has 0 aromatic heterocycles. The summed E-state index contributed by atoms with van der Waals surface area (Å²) >= 11 is 0. The van der Waals surface area contributed by atoms with Crippen molar-refractivity contribution >= 4 is 21.7 Å². The number of carbonyl (C=O) groups excluding carboxylic acids is 2. The molecule has 0 fully saturated rings. The van der Waals surface area contributed by atoms with Gasteiger partial charge in [-0.1, -0.05) is 42.5 Å². The molecule has 1 N–H and O–H groups in total.